The molecule has 0 amide bonds. The highest BCUT2D eigenvalue weighted by molar-refractivity contribution is 6.30. The number of hydrogen-bond acceptors (Lipinski definition) is 4. The van der Waals surface area contributed by atoms with Crippen LogP contribution < -0.4 is 5.32 Å². The van der Waals surface area contributed by atoms with Crippen molar-refractivity contribution >= 4 is 11.6 Å². The summed E-state index contributed by atoms with van der Waals surface area (Å²) in [5.41, 5.74) is 2.34. The first-order chi connectivity index (χ1) is 10.1. The van der Waals surface area contributed by atoms with Crippen molar-refractivity contribution in [2.75, 3.05) is 13.1 Å². The quantitative estimate of drug-likeness (QED) is 0.943. The maximum Gasteiger partial charge on any atom is 0.226 e. The topological polar surface area (TPSA) is 51.0 Å². The van der Waals surface area contributed by atoms with Gasteiger partial charge in [0.15, 0.2) is 5.82 Å². The number of aryl methyl sites for hydroxylation is 1. The van der Waals surface area contributed by atoms with E-state index in [4.69, 9.17) is 16.1 Å². The minimum atomic E-state index is 0.593. The standard InChI is InChI=1S/C16H20ClN3O/c1-10-5-14(17)4-3-12(10)6-15-19-16(21-20-15)7-13-9-18-8-11(13)2/h3-5,11,13,18H,6-9H2,1-2H3/t11-,13-/m1/s1. The fourth-order valence-electron chi connectivity index (χ4n) is 2.83. The normalized spacial score (nSPS) is 21.9. The first-order valence-electron chi connectivity index (χ1n) is 7.39. The van der Waals surface area contributed by atoms with Gasteiger partial charge in [0.25, 0.3) is 0 Å². The van der Waals surface area contributed by atoms with Crippen molar-refractivity contribution in [3.8, 4) is 0 Å². The third-order valence-electron chi connectivity index (χ3n) is 4.28. The molecule has 1 aliphatic heterocycles. The van der Waals surface area contributed by atoms with E-state index in [-0.39, 0.29) is 0 Å². The molecule has 4 nitrogen and oxygen atoms in total. The molecule has 1 fully saturated rings. The Morgan fingerprint density at radius 1 is 1.38 bits per heavy atom. The second kappa shape index (κ2) is 6.16. The van der Waals surface area contributed by atoms with Crippen LogP contribution >= 0.6 is 11.6 Å². The Hall–Kier alpha value is -1.39. The molecule has 2 heterocycles. The van der Waals surface area contributed by atoms with Crippen molar-refractivity contribution in [1.82, 2.24) is 15.5 Å². The summed E-state index contributed by atoms with van der Waals surface area (Å²) in [6.45, 7) is 6.43. The predicted molar refractivity (Wildman–Crippen MR) is 82.5 cm³/mol. The summed E-state index contributed by atoms with van der Waals surface area (Å²) in [5, 5.41) is 8.26. The van der Waals surface area contributed by atoms with E-state index >= 15 is 0 Å². The highest BCUT2D eigenvalue weighted by Gasteiger charge is 2.25. The molecule has 21 heavy (non-hydrogen) atoms. The van der Waals surface area contributed by atoms with Crippen LogP contribution in [0.5, 0.6) is 0 Å². The van der Waals surface area contributed by atoms with Gasteiger partial charge in [0.1, 0.15) is 0 Å². The maximum atomic E-state index is 5.98. The lowest BCUT2D eigenvalue weighted by Gasteiger charge is -2.10. The number of benzene rings is 1. The van der Waals surface area contributed by atoms with Crippen molar-refractivity contribution < 1.29 is 4.52 Å². The molecule has 3 rings (SSSR count). The summed E-state index contributed by atoms with van der Waals surface area (Å²) in [7, 11) is 0. The first-order valence-corrected chi connectivity index (χ1v) is 7.77. The smallest absolute Gasteiger partial charge is 0.226 e. The highest BCUT2D eigenvalue weighted by Crippen LogP contribution is 2.21. The van der Waals surface area contributed by atoms with Crippen LogP contribution in [0.15, 0.2) is 22.7 Å². The van der Waals surface area contributed by atoms with E-state index in [1.54, 1.807) is 0 Å². The lowest BCUT2D eigenvalue weighted by molar-refractivity contribution is 0.335. The van der Waals surface area contributed by atoms with Gasteiger partial charge in [0.2, 0.25) is 5.89 Å². The zero-order chi connectivity index (χ0) is 14.8. The van der Waals surface area contributed by atoms with Crippen LogP contribution in [0.25, 0.3) is 0 Å². The first kappa shape index (κ1) is 14.5. The van der Waals surface area contributed by atoms with Crippen molar-refractivity contribution in [2.24, 2.45) is 11.8 Å². The molecular formula is C16H20ClN3O. The second-order valence-electron chi connectivity index (χ2n) is 5.95. The summed E-state index contributed by atoms with van der Waals surface area (Å²) in [5.74, 6) is 2.75. The Bertz CT molecular complexity index is 626. The van der Waals surface area contributed by atoms with Crippen LogP contribution in [-0.4, -0.2) is 23.2 Å². The van der Waals surface area contributed by atoms with Crippen LogP contribution in [0.1, 0.15) is 29.8 Å². The Labute approximate surface area is 129 Å². The SMILES string of the molecule is Cc1cc(Cl)ccc1Cc1noc(C[C@@H]2CNC[C@H]2C)n1. The van der Waals surface area contributed by atoms with Crippen molar-refractivity contribution in [3.05, 3.63) is 46.1 Å². The van der Waals surface area contributed by atoms with E-state index in [0.29, 0.717) is 18.3 Å². The molecule has 1 N–H and O–H groups in total. The number of nitrogens with zero attached hydrogens (tertiary/aromatic N) is 2. The van der Waals surface area contributed by atoms with Gasteiger partial charge < -0.3 is 9.84 Å². The molecule has 0 bridgehead atoms. The molecule has 1 aliphatic rings. The molecule has 0 saturated carbocycles. The van der Waals surface area contributed by atoms with Gasteiger partial charge in [-0.15, -0.1) is 0 Å². The predicted octanol–water partition coefficient (Wildman–Crippen LogP) is 3.02. The zero-order valence-corrected chi connectivity index (χ0v) is 13.2. The zero-order valence-electron chi connectivity index (χ0n) is 12.4. The van der Waals surface area contributed by atoms with E-state index in [0.717, 1.165) is 41.8 Å². The van der Waals surface area contributed by atoms with Crippen molar-refractivity contribution in [3.63, 3.8) is 0 Å². The van der Waals surface area contributed by atoms with Gasteiger partial charge in [-0.1, -0.05) is 29.7 Å². The molecular weight excluding hydrogens is 286 g/mol. The van der Waals surface area contributed by atoms with Gasteiger partial charge >= 0.3 is 0 Å². The van der Waals surface area contributed by atoms with Gasteiger partial charge in [-0.25, -0.2) is 0 Å². The van der Waals surface area contributed by atoms with Gasteiger partial charge in [-0.2, -0.15) is 4.98 Å². The summed E-state index contributed by atoms with van der Waals surface area (Å²) >= 11 is 5.98. The van der Waals surface area contributed by atoms with E-state index in [9.17, 15) is 0 Å². The fourth-order valence-corrected chi connectivity index (χ4v) is 3.06. The largest absolute Gasteiger partial charge is 0.339 e. The Balaban J connectivity index is 1.67. The Morgan fingerprint density at radius 3 is 2.95 bits per heavy atom. The summed E-state index contributed by atoms with van der Waals surface area (Å²) in [4.78, 5) is 4.53. The van der Waals surface area contributed by atoms with Gasteiger partial charge in [0.05, 0.1) is 0 Å². The molecule has 0 aliphatic carbocycles. The minimum Gasteiger partial charge on any atom is -0.339 e. The molecule has 2 aromatic rings. The number of aromatic nitrogens is 2. The minimum absolute atomic E-state index is 0.593. The van der Waals surface area contributed by atoms with E-state index in [2.05, 4.69) is 22.4 Å². The van der Waals surface area contributed by atoms with Crippen molar-refractivity contribution in [1.29, 1.82) is 0 Å². The lowest BCUT2D eigenvalue weighted by atomic mass is 9.95. The van der Waals surface area contributed by atoms with Crippen LogP contribution in [0.2, 0.25) is 5.02 Å². The molecule has 1 aromatic carbocycles. The number of halogens is 1. The number of nitrogens with one attached hydrogen (secondary N) is 1. The van der Waals surface area contributed by atoms with E-state index < -0.39 is 0 Å². The summed E-state index contributed by atoms with van der Waals surface area (Å²) in [6, 6.07) is 5.89. The Kier molecular flexibility index (Phi) is 4.27. The number of hydrogen-bond donors (Lipinski definition) is 1. The van der Waals surface area contributed by atoms with Crippen LogP contribution in [0, 0.1) is 18.8 Å². The molecule has 0 spiro atoms. The van der Waals surface area contributed by atoms with Crippen molar-refractivity contribution in [2.45, 2.75) is 26.7 Å². The number of rotatable bonds is 4. The molecule has 0 radical (unpaired) electrons. The van der Waals surface area contributed by atoms with E-state index in [1.807, 2.05) is 25.1 Å². The molecule has 1 saturated heterocycles. The van der Waals surface area contributed by atoms with Crippen LogP contribution in [0.4, 0.5) is 0 Å². The van der Waals surface area contributed by atoms with Gasteiger partial charge in [-0.05, 0) is 55.1 Å². The average Bonchev–Trinajstić information content (AvgIpc) is 3.04. The molecule has 112 valence electrons. The molecule has 1 aromatic heterocycles. The monoisotopic (exact) mass is 305 g/mol. The molecule has 0 unspecified atom stereocenters. The van der Waals surface area contributed by atoms with Crippen LogP contribution in [-0.2, 0) is 12.8 Å². The van der Waals surface area contributed by atoms with Gasteiger partial charge in [-0.3, -0.25) is 0 Å². The second-order valence-corrected chi connectivity index (χ2v) is 6.39. The Morgan fingerprint density at radius 2 is 2.24 bits per heavy atom. The summed E-state index contributed by atoms with van der Waals surface area (Å²) < 4.78 is 5.40. The third kappa shape index (κ3) is 3.44. The summed E-state index contributed by atoms with van der Waals surface area (Å²) in [6.07, 6.45) is 1.55. The molecule has 5 heteroatoms. The third-order valence-corrected chi connectivity index (χ3v) is 4.51. The molecule has 2 atom stereocenters. The lowest BCUT2D eigenvalue weighted by Crippen LogP contribution is -2.13. The fraction of sp³-hybridized carbons (Fsp3) is 0.500. The average molecular weight is 306 g/mol. The van der Waals surface area contributed by atoms with Crippen LogP contribution in [0.3, 0.4) is 0 Å². The maximum absolute atomic E-state index is 5.98. The highest BCUT2D eigenvalue weighted by atomic mass is 35.5. The van der Waals surface area contributed by atoms with Gasteiger partial charge in [0, 0.05) is 17.9 Å². The van der Waals surface area contributed by atoms with E-state index in [1.165, 1.54) is 5.56 Å².